The van der Waals surface area contributed by atoms with Gasteiger partial charge < -0.3 is 5.32 Å². The third kappa shape index (κ3) is 4.60. The lowest BCUT2D eigenvalue weighted by molar-refractivity contribution is 0.560. The minimum absolute atomic E-state index is 0.149. The molecule has 0 aliphatic heterocycles. The summed E-state index contributed by atoms with van der Waals surface area (Å²) in [5.41, 5.74) is 1.42. The van der Waals surface area contributed by atoms with Gasteiger partial charge in [-0.25, -0.2) is 4.98 Å². The van der Waals surface area contributed by atoms with E-state index in [9.17, 15) is 0 Å². The van der Waals surface area contributed by atoms with E-state index in [0.717, 1.165) is 24.6 Å². The first-order valence-corrected chi connectivity index (χ1v) is 8.23. The summed E-state index contributed by atoms with van der Waals surface area (Å²) in [4.78, 5) is 6.24. The molecule has 1 aromatic heterocycles. The zero-order chi connectivity index (χ0) is 12.9. The van der Waals surface area contributed by atoms with Gasteiger partial charge in [-0.05, 0) is 12.3 Å². The number of rotatable bonds is 6. The second-order valence-corrected chi connectivity index (χ2v) is 7.49. The highest BCUT2D eigenvalue weighted by atomic mass is 32.2. The van der Waals surface area contributed by atoms with Crippen molar-refractivity contribution in [2.24, 2.45) is 0 Å². The van der Waals surface area contributed by atoms with E-state index in [4.69, 9.17) is 4.98 Å². The molecule has 98 valence electrons. The predicted molar refractivity (Wildman–Crippen MR) is 80.0 cm³/mol. The Labute approximate surface area is 114 Å². The predicted octanol–water partition coefficient (Wildman–Crippen LogP) is 3.80. The lowest BCUT2D eigenvalue weighted by atomic mass is 9.91. The zero-order valence-electron chi connectivity index (χ0n) is 11.6. The molecule has 1 rings (SSSR count). The number of hydrogen-bond donors (Lipinski definition) is 1. The molecule has 0 fully saturated rings. The maximum absolute atomic E-state index is 4.83. The molecule has 0 aromatic carbocycles. The van der Waals surface area contributed by atoms with E-state index in [1.807, 2.05) is 23.1 Å². The quantitative estimate of drug-likeness (QED) is 0.852. The highest BCUT2D eigenvalue weighted by molar-refractivity contribution is 7.98. The summed E-state index contributed by atoms with van der Waals surface area (Å²) in [5, 5.41) is 4.68. The summed E-state index contributed by atoms with van der Waals surface area (Å²) < 4.78 is 0. The zero-order valence-corrected chi connectivity index (χ0v) is 13.2. The molecule has 1 aromatic rings. The van der Waals surface area contributed by atoms with Crippen LogP contribution in [0.2, 0.25) is 0 Å². The molecule has 0 unspecified atom stereocenters. The Hall–Kier alpha value is -0.0600. The van der Waals surface area contributed by atoms with Crippen molar-refractivity contribution in [2.75, 3.05) is 12.3 Å². The Morgan fingerprint density at radius 2 is 2.00 bits per heavy atom. The SMILES string of the molecule is CCNCc1sc(CSCC)nc1C(C)(C)C. The Morgan fingerprint density at radius 1 is 1.29 bits per heavy atom. The molecule has 0 spiro atoms. The van der Waals surface area contributed by atoms with Crippen molar-refractivity contribution in [3.63, 3.8) is 0 Å². The molecule has 0 bridgehead atoms. The topological polar surface area (TPSA) is 24.9 Å². The molecule has 0 amide bonds. The third-order valence-corrected chi connectivity index (χ3v) is 4.54. The molecule has 0 atom stereocenters. The van der Waals surface area contributed by atoms with Crippen LogP contribution < -0.4 is 5.32 Å². The van der Waals surface area contributed by atoms with E-state index in [1.54, 1.807) is 0 Å². The number of aromatic nitrogens is 1. The summed E-state index contributed by atoms with van der Waals surface area (Å²) in [6.07, 6.45) is 0. The van der Waals surface area contributed by atoms with E-state index < -0.39 is 0 Å². The van der Waals surface area contributed by atoms with Crippen LogP contribution in [0.1, 0.15) is 50.2 Å². The Kier molecular flexibility index (Phi) is 5.97. The van der Waals surface area contributed by atoms with E-state index >= 15 is 0 Å². The fourth-order valence-electron chi connectivity index (χ4n) is 1.60. The van der Waals surface area contributed by atoms with Gasteiger partial charge in [0.25, 0.3) is 0 Å². The molecule has 0 aliphatic rings. The number of thioether (sulfide) groups is 1. The fourth-order valence-corrected chi connectivity index (χ4v) is 3.57. The van der Waals surface area contributed by atoms with Gasteiger partial charge in [-0.1, -0.05) is 34.6 Å². The van der Waals surface area contributed by atoms with Crippen LogP contribution in [0.3, 0.4) is 0 Å². The van der Waals surface area contributed by atoms with Crippen molar-refractivity contribution < 1.29 is 0 Å². The average molecular weight is 272 g/mol. The molecule has 1 N–H and O–H groups in total. The Morgan fingerprint density at radius 3 is 2.53 bits per heavy atom. The van der Waals surface area contributed by atoms with Crippen LogP contribution in [0.4, 0.5) is 0 Å². The molecule has 4 heteroatoms. The van der Waals surface area contributed by atoms with Crippen molar-refractivity contribution in [1.29, 1.82) is 0 Å². The lowest BCUT2D eigenvalue weighted by Gasteiger charge is -2.17. The standard InChI is InChI=1S/C13H24N2S2/c1-6-14-8-10-12(13(3,4)5)15-11(17-10)9-16-7-2/h14H,6-9H2,1-5H3. The van der Waals surface area contributed by atoms with Gasteiger partial charge in [-0.2, -0.15) is 11.8 Å². The van der Waals surface area contributed by atoms with Gasteiger partial charge in [0, 0.05) is 22.6 Å². The van der Waals surface area contributed by atoms with Gasteiger partial charge >= 0.3 is 0 Å². The molecule has 0 saturated heterocycles. The molecule has 0 radical (unpaired) electrons. The summed E-state index contributed by atoms with van der Waals surface area (Å²) in [5.74, 6) is 2.21. The molecule has 0 aliphatic carbocycles. The van der Waals surface area contributed by atoms with Crippen LogP contribution in [0.5, 0.6) is 0 Å². The normalized spacial score (nSPS) is 12.1. The third-order valence-electron chi connectivity index (χ3n) is 2.42. The first-order chi connectivity index (χ1) is 7.99. The summed E-state index contributed by atoms with van der Waals surface area (Å²) >= 11 is 3.82. The summed E-state index contributed by atoms with van der Waals surface area (Å²) in [6, 6.07) is 0. The smallest absolute Gasteiger partial charge is 0.103 e. The molecule has 2 nitrogen and oxygen atoms in total. The van der Waals surface area contributed by atoms with E-state index in [-0.39, 0.29) is 5.41 Å². The number of hydrogen-bond acceptors (Lipinski definition) is 4. The Bertz CT molecular complexity index is 340. The van der Waals surface area contributed by atoms with Crippen LogP contribution >= 0.6 is 23.1 Å². The largest absolute Gasteiger partial charge is 0.312 e. The van der Waals surface area contributed by atoms with Gasteiger partial charge in [0.15, 0.2) is 0 Å². The van der Waals surface area contributed by atoms with Crippen LogP contribution in [-0.4, -0.2) is 17.3 Å². The van der Waals surface area contributed by atoms with E-state index in [2.05, 4.69) is 39.9 Å². The van der Waals surface area contributed by atoms with Crippen LogP contribution in [0.15, 0.2) is 0 Å². The van der Waals surface area contributed by atoms with Crippen molar-refractivity contribution in [3.8, 4) is 0 Å². The summed E-state index contributed by atoms with van der Waals surface area (Å²) in [7, 11) is 0. The lowest BCUT2D eigenvalue weighted by Crippen LogP contribution is -2.18. The number of thiazole rings is 1. The van der Waals surface area contributed by atoms with E-state index in [0.29, 0.717) is 0 Å². The van der Waals surface area contributed by atoms with Crippen LogP contribution in [-0.2, 0) is 17.7 Å². The van der Waals surface area contributed by atoms with Gasteiger partial charge in [0.1, 0.15) is 5.01 Å². The van der Waals surface area contributed by atoms with Crippen LogP contribution in [0.25, 0.3) is 0 Å². The summed E-state index contributed by atoms with van der Waals surface area (Å²) in [6.45, 7) is 13.0. The second-order valence-electron chi connectivity index (χ2n) is 5.05. The molecule has 0 saturated carbocycles. The molecular formula is C13H24N2S2. The highest BCUT2D eigenvalue weighted by Crippen LogP contribution is 2.31. The fraction of sp³-hybridized carbons (Fsp3) is 0.769. The van der Waals surface area contributed by atoms with Gasteiger partial charge in [-0.15, -0.1) is 11.3 Å². The minimum atomic E-state index is 0.149. The van der Waals surface area contributed by atoms with Gasteiger partial charge in [0.05, 0.1) is 5.69 Å². The van der Waals surface area contributed by atoms with Gasteiger partial charge in [-0.3, -0.25) is 0 Å². The van der Waals surface area contributed by atoms with Crippen molar-refractivity contribution in [2.45, 2.75) is 52.3 Å². The first kappa shape index (κ1) is 15.0. The average Bonchev–Trinajstić information content (AvgIpc) is 2.66. The first-order valence-electron chi connectivity index (χ1n) is 6.26. The van der Waals surface area contributed by atoms with Crippen molar-refractivity contribution in [3.05, 3.63) is 15.6 Å². The van der Waals surface area contributed by atoms with E-state index in [1.165, 1.54) is 15.6 Å². The molecule has 1 heterocycles. The maximum Gasteiger partial charge on any atom is 0.103 e. The maximum atomic E-state index is 4.83. The number of nitrogens with one attached hydrogen (secondary N) is 1. The molecule has 17 heavy (non-hydrogen) atoms. The van der Waals surface area contributed by atoms with Crippen molar-refractivity contribution in [1.82, 2.24) is 10.3 Å². The monoisotopic (exact) mass is 272 g/mol. The Balaban J connectivity index is 2.87. The van der Waals surface area contributed by atoms with Gasteiger partial charge in [0.2, 0.25) is 0 Å². The molecular weight excluding hydrogens is 248 g/mol. The minimum Gasteiger partial charge on any atom is -0.312 e. The number of nitrogens with zero attached hydrogens (tertiary/aromatic N) is 1. The van der Waals surface area contributed by atoms with Crippen molar-refractivity contribution >= 4 is 23.1 Å². The highest BCUT2D eigenvalue weighted by Gasteiger charge is 2.22. The van der Waals surface area contributed by atoms with Crippen LogP contribution in [0, 0.1) is 0 Å². The second kappa shape index (κ2) is 6.76.